The first kappa shape index (κ1) is 36.0. The predicted molar refractivity (Wildman–Crippen MR) is 204 cm³/mol. The zero-order valence-corrected chi connectivity index (χ0v) is 30.4. The maximum absolute atomic E-state index is 13.3. The molecule has 2 aliphatic rings. The van der Waals surface area contributed by atoms with Crippen molar-refractivity contribution in [2.75, 3.05) is 14.1 Å². The van der Waals surface area contributed by atoms with Gasteiger partial charge in [-0.25, -0.2) is 29.9 Å². The second-order valence-electron chi connectivity index (χ2n) is 13.1. The fraction of sp³-hybridized carbons (Fsp3) is 0.150. The number of pyridine rings is 2. The third-order valence-electron chi connectivity index (χ3n) is 9.66. The summed E-state index contributed by atoms with van der Waals surface area (Å²) >= 11 is 0. The Kier molecular flexibility index (Phi) is 9.28. The van der Waals surface area contributed by atoms with Crippen LogP contribution in [0.4, 0.5) is 0 Å². The minimum Gasteiger partial charge on any atom is -0.619 e. The van der Waals surface area contributed by atoms with Crippen molar-refractivity contribution >= 4 is 23.7 Å². The number of aromatic nitrogens is 6. The van der Waals surface area contributed by atoms with Gasteiger partial charge in [0.05, 0.1) is 0 Å². The van der Waals surface area contributed by atoms with Gasteiger partial charge in [0.2, 0.25) is 0 Å². The van der Waals surface area contributed by atoms with Crippen LogP contribution >= 0.6 is 0 Å². The topological polar surface area (TPSA) is 209 Å². The lowest BCUT2D eigenvalue weighted by molar-refractivity contribution is -0.612. The SMILES string of the molecule is Cc1cc(C2(c3cccc(-c4cncnc4)c3)N=C(N)N(C)C2=O)cc[n+]1[O-].Cc1cc(C2(c3cccc(-c4cncnc4)c3)N=C(N)N(C)C2=O)ccn1. The average molecular weight is 733 g/mol. The number of carbonyl (C=O) groups excluding carboxylic acids is 2. The molecule has 0 fully saturated rings. The first-order valence-electron chi connectivity index (χ1n) is 17.1. The molecule has 55 heavy (non-hydrogen) atoms. The molecular formula is C40H36N12O3. The van der Waals surface area contributed by atoms with Gasteiger partial charge in [-0.1, -0.05) is 36.4 Å². The van der Waals surface area contributed by atoms with E-state index in [4.69, 9.17) is 11.5 Å². The van der Waals surface area contributed by atoms with Gasteiger partial charge in [-0.05, 0) is 59.0 Å². The highest BCUT2D eigenvalue weighted by molar-refractivity contribution is 6.10. The molecule has 2 aliphatic heterocycles. The molecule has 6 aromatic rings. The second-order valence-corrected chi connectivity index (χ2v) is 13.1. The Hall–Kier alpha value is -7.42. The highest BCUT2D eigenvalue weighted by Crippen LogP contribution is 2.42. The van der Waals surface area contributed by atoms with Gasteiger partial charge < -0.3 is 16.7 Å². The molecule has 6 heterocycles. The van der Waals surface area contributed by atoms with E-state index < -0.39 is 11.1 Å². The first-order chi connectivity index (χ1) is 26.5. The number of nitrogens with two attached hydrogens (primary N) is 2. The van der Waals surface area contributed by atoms with Crippen molar-refractivity contribution in [3.05, 3.63) is 161 Å². The summed E-state index contributed by atoms with van der Waals surface area (Å²) in [5.74, 6) is -0.181. The maximum Gasteiger partial charge on any atom is 0.266 e. The number of nitrogens with zero attached hydrogens (tertiary/aromatic N) is 10. The number of benzene rings is 2. The van der Waals surface area contributed by atoms with Crippen LogP contribution in [0.3, 0.4) is 0 Å². The van der Waals surface area contributed by atoms with Gasteiger partial charge in [0.25, 0.3) is 11.8 Å². The van der Waals surface area contributed by atoms with Crippen LogP contribution in [0.15, 0.2) is 133 Å². The molecule has 2 amide bonds. The van der Waals surface area contributed by atoms with Crippen LogP contribution in [0.2, 0.25) is 0 Å². The molecule has 4 aromatic heterocycles. The highest BCUT2D eigenvalue weighted by atomic mass is 16.5. The summed E-state index contributed by atoms with van der Waals surface area (Å²) in [6.45, 7) is 3.56. The van der Waals surface area contributed by atoms with E-state index in [1.54, 1.807) is 70.2 Å². The summed E-state index contributed by atoms with van der Waals surface area (Å²) in [7, 11) is 3.22. The Morgan fingerprint density at radius 1 is 0.618 bits per heavy atom. The van der Waals surface area contributed by atoms with Crippen molar-refractivity contribution in [2.45, 2.75) is 24.9 Å². The highest BCUT2D eigenvalue weighted by Gasteiger charge is 2.51. The molecule has 15 nitrogen and oxygen atoms in total. The van der Waals surface area contributed by atoms with Crippen LogP contribution in [0.1, 0.15) is 33.6 Å². The van der Waals surface area contributed by atoms with E-state index >= 15 is 0 Å². The van der Waals surface area contributed by atoms with Gasteiger partial charge in [-0.2, -0.15) is 4.73 Å². The standard InChI is InChI=1S/C20H18N6O2.C20H18N6O/c1-13-8-17(6-7-26(13)28)20(18(27)25(2)19(21)24-20)16-5-3-4-14(9-16)15-10-22-12-23-11-15;1-13-8-17(6-7-24-13)20(18(27)26(2)19(21)25-20)16-5-3-4-14(9-16)15-10-22-12-23-11-15/h3-12H,1-2H3,(H2,21,24);3-12H,1-2H3,(H2,21,25). The molecule has 0 bridgehead atoms. The van der Waals surface area contributed by atoms with Crippen molar-refractivity contribution in [2.24, 2.45) is 21.5 Å². The molecular weight excluding hydrogens is 697 g/mol. The van der Waals surface area contributed by atoms with E-state index in [1.807, 2.05) is 61.5 Å². The summed E-state index contributed by atoms with van der Waals surface area (Å²) in [5.41, 5.74) is 16.8. The Morgan fingerprint density at radius 3 is 1.49 bits per heavy atom. The molecule has 2 atom stereocenters. The van der Waals surface area contributed by atoms with Gasteiger partial charge in [0, 0.05) is 86.5 Å². The predicted octanol–water partition coefficient (Wildman–Crippen LogP) is 2.99. The Labute approximate surface area is 316 Å². The summed E-state index contributed by atoms with van der Waals surface area (Å²) in [6, 6.07) is 22.1. The van der Waals surface area contributed by atoms with E-state index in [0.29, 0.717) is 16.8 Å². The number of rotatable bonds is 6. The van der Waals surface area contributed by atoms with Gasteiger partial charge in [0.1, 0.15) is 12.7 Å². The lowest BCUT2D eigenvalue weighted by atomic mass is 9.82. The largest absolute Gasteiger partial charge is 0.619 e. The average Bonchev–Trinajstić information content (AvgIpc) is 3.59. The number of aliphatic imine (C=N–C) groups is 2. The van der Waals surface area contributed by atoms with Crippen LogP contribution in [0.5, 0.6) is 0 Å². The van der Waals surface area contributed by atoms with Crippen LogP contribution in [-0.2, 0) is 20.7 Å². The number of guanidine groups is 2. The number of hydrogen-bond donors (Lipinski definition) is 2. The van der Waals surface area contributed by atoms with Crippen molar-refractivity contribution in [1.29, 1.82) is 0 Å². The van der Waals surface area contributed by atoms with Gasteiger partial charge in [-0.3, -0.25) is 24.4 Å². The molecule has 0 aliphatic carbocycles. The zero-order valence-electron chi connectivity index (χ0n) is 30.4. The molecule has 15 heteroatoms. The Bertz CT molecular complexity index is 2500. The number of aryl methyl sites for hydroxylation is 2. The summed E-state index contributed by atoms with van der Waals surface area (Å²) in [6.07, 6.45) is 12.9. The van der Waals surface area contributed by atoms with Crippen molar-refractivity contribution in [1.82, 2.24) is 34.7 Å². The van der Waals surface area contributed by atoms with Gasteiger partial charge >= 0.3 is 0 Å². The van der Waals surface area contributed by atoms with Crippen LogP contribution in [0, 0.1) is 19.1 Å². The molecule has 8 rings (SSSR count). The molecule has 0 radical (unpaired) electrons. The second kappa shape index (κ2) is 14.2. The lowest BCUT2D eigenvalue weighted by Crippen LogP contribution is -2.42. The molecule has 4 N–H and O–H groups in total. The fourth-order valence-corrected chi connectivity index (χ4v) is 6.71. The number of amides is 2. The summed E-state index contributed by atoms with van der Waals surface area (Å²) in [5, 5.41) is 11.8. The molecule has 0 saturated heterocycles. The van der Waals surface area contributed by atoms with E-state index in [2.05, 4.69) is 34.9 Å². The lowest BCUT2D eigenvalue weighted by Gasteiger charge is -2.26. The van der Waals surface area contributed by atoms with Crippen molar-refractivity contribution in [3.63, 3.8) is 0 Å². The zero-order chi connectivity index (χ0) is 38.9. The first-order valence-corrected chi connectivity index (χ1v) is 17.1. The maximum atomic E-state index is 13.3. The van der Waals surface area contributed by atoms with Crippen LogP contribution < -0.4 is 16.2 Å². The van der Waals surface area contributed by atoms with Gasteiger partial charge in [-0.15, -0.1) is 0 Å². The Morgan fingerprint density at radius 2 is 1.07 bits per heavy atom. The van der Waals surface area contributed by atoms with Crippen molar-refractivity contribution < 1.29 is 14.3 Å². The Balaban J connectivity index is 0.000000169. The molecule has 2 unspecified atom stereocenters. The minimum atomic E-state index is -1.36. The molecule has 0 saturated carbocycles. The molecule has 2 aromatic carbocycles. The third kappa shape index (κ3) is 6.26. The van der Waals surface area contributed by atoms with Gasteiger partial charge in [0.15, 0.2) is 34.9 Å². The van der Waals surface area contributed by atoms with Crippen LogP contribution in [-0.4, -0.2) is 72.5 Å². The number of hydrogen-bond acceptors (Lipinski definition) is 12. The molecule has 274 valence electrons. The van der Waals surface area contributed by atoms with E-state index in [-0.39, 0.29) is 23.7 Å². The van der Waals surface area contributed by atoms with Crippen molar-refractivity contribution in [3.8, 4) is 22.3 Å². The number of likely N-dealkylation sites (N-methyl/N-ethyl adjacent to an activating group) is 2. The minimum absolute atomic E-state index is 0.120. The summed E-state index contributed by atoms with van der Waals surface area (Å²) in [4.78, 5) is 59.0. The monoisotopic (exact) mass is 732 g/mol. The normalized spacial score (nSPS) is 19.1. The van der Waals surface area contributed by atoms with E-state index in [9.17, 15) is 14.8 Å². The third-order valence-corrected chi connectivity index (χ3v) is 9.66. The molecule has 0 spiro atoms. The van der Waals surface area contributed by atoms with E-state index in [0.717, 1.165) is 43.8 Å². The van der Waals surface area contributed by atoms with Crippen LogP contribution in [0.25, 0.3) is 22.3 Å². The smallest absolute Gasteiger partial charge is 0.266 e. The number of carbonyl (C=O) groups is 2. The van der Waals surface area contributed by atoms with E-state index in [1.165, 1.54) is 28.7 Å². The summed E-state index contributed by atoms with van der Waals surface area (Å²) < 4.78 is 0.741. The quantitative estimate of drug-likeness (QED) is 0.189. The fourth-order valence-electron chi connectivity index (χ4n) is 6.71.